The summed E-state index contributed by atoms with van der Waals surface area (Å²) in [6.45, 7) is 14.8. The van der Waals surface area contributed by atoms with Crippen LogP contribution in [0.25, 0.3) is 0 Å². The van der Waals surface area contributed by atoms with Gasteiger partial charge in [-0.2, -0.15) is 0 Å². The first-order valence-corrected chi connectivity index (χ1v) is 7.42. The lowest BCUT2D eigenvalue weighted by Gasteiger charge is -2.20. The molecule has 1 aromatic rings. The largest absolute Gasteiger partial charge is 0.492 e. The second-order valence-corrected chi connectivity index (χ2v) is 6.03. The summed E-state index contributed by atoms with van der Waals surface area (Å²) >= 11 is 0. The van der Waals surface area contributed by atoms with Crippen molar-refractivity contribution < 1.29 is 4.74 Å². The van der Waals surface area contributed by atoms with Crippen LogP contribution in [0.2, 0.25) is 0 Å². The maximum absolute atomic E-state index is 6.08. The molecule has 0 radical (unpaired) electrons. The Hall–Kier alpha value is -1.02. The molecule has 0 aliphatic rings. The molecule has 0 unspecified atom stereocenters. The molecular formula is C17H29NO. The van der Waals surface area contributed by atoms with Crippen LogP contribution >= 0.6 is 0 Å². The molecule has 0 spiro atoms. The van der Waals surface area contributed by atoms with E-state index in [1.165, 1.54) is 11.1 Å². The van der Waals surface area contributed by atoms with Crippen LogP contribution < -0.4 is 10.1 Å². The highest BCUT2D eigenvalue weighted by molar-refractivity contribution is 5.44. The summed E-state index contributed by atoms with van der Waals surface area (Å²) in [6, 6.07) is 7.02. The SMILES string of the molecule is CC(C)NCCOc1c(C(C)C)cccc1C(C)C. The van der Waals surface area contributed by atoms with Crippen LogP contribution in [0.4, 0.5) is 0 Å². The fourth-order valence-corrected chi connectivity index (χ4v) is 2.15. The van der Waals surface area contributed by atoms with E-state index in [0.29, 0.717) is 17.9 Å². The van der Waals surface area contributed by atoms with E-state index in [1.807, 2.05) is 0 Å². The van der Waals surface area contributed by atoms with Crippen molar-refractivity contribution in [3.8, 4) is 5.75 Å². The summed E-state index contributed by atoms with van der Waals surface area (Å²) in [5.74, 6) is 2.08. The average Bonchev–Trinajstić information content (AvgIpc) is 2.33. The van der Waals surface area contributed by atoms with Crippen LogP contribution in [-0.2, 0) is 0 Å². The van der Waals surface area contributed by atoms with Crippen molar-refractivity contribution in [2.75, 3.05) is 13.2 Å². The number of benzene rings is 1. The van der Waals surface area contributed by atoms with Gasteiger partial charge in [0.1, 0.15) is 12.4 Å². The standard InChI is InChI=1S/C17H29NO/c1-12(2)15-8-7-9-16(13(3)4)17(15)19-11-10-18-14(5)6/h7-9,12-14,18H,10-11H2,1-6H3. The molecule has 0 saturated carbocycles. The highest BCUT2D eigenvalue weighted by atomic mass is 16.5. The van der Waals surface area contributed by atoms with Crippen molar-refractivity contribution >= 4 is 0 Å². The molecule has 0 aliphatic heterocycles. The molecule has 1 aromatic carbocycles. The lowest BCUT2D eigenvalue weighted by molar-refractivity contribution is 0.301. The molecule has 0 heterocycles. The first-order valence-electron chi connectivity index (χ1n) is 7.42. The zero-order chi connectivity index (χ0) is 14.4. The normalized spacial score (nSPS) is 11.6. The van der Waals surface area contributed by atoms with Gasteiger partial charge in [-0.25, -0.2) is 0 Å². The number of nitrogens with one attached hydrogen (secondary N) is 1. The molecule has 2 heteroatoms. The van der Waals surface area contributed by atoms with E-state index < -0.39 is 0 Å². The topological polar surface area (TPSA) is 21.3 Å². The predicted molar refractivity (Wildman–Crippen MR) is 83.3 cm³/mol. The van der Waals surface area contributed by atoms with Gasteiger partial charge in [0.2, 0.25) is 0 Å². The predicted octanol–water partition coefficient (Wildman–Crippen LogP) is 4.31. The van der Waals surface area contributed by atoms with Crippen LogP contribution in [0.1, 0.15) is 64.5 Å². The van der Waals surface area contributed by atoms with Crippen LogP contribution in [0.15, 0.2) is 18.2 Å². The third kappa shape index (κ3) is 4.87. The lowest BCUT2D eigenvalue weighted by Crippen LogP contribution is -2.27. The molecule has 19 heavy (non-hydrogen) atoms. The van der Waals surface area contributed by atoms with Crippen molar-refractivity contribution in [1.29, 1.82) is 0 Å². The Kier molecular flexibility index (Phi) is 6.36. The smallest absolute Gasteiger partial charge is 0.126 e. The Bertz CT molecular complexity index is 357. The van der Waals surface area contributed by atoms with Gasteiger partial charge in [-0.15, -0.1) is 0 Å². The summed E-state index contributed by atoms with van der Waals surface area (Å²) in [5, 5.41) is 3.39. The van der Waals surface area contributed by atoms with E-state index in [-0.39, 0.29) is 0 Å². The highest BCUT2D eigenvalue weighted by Gasteiger charge is 2.14. The van der Waals surface area contributed by atoms with E-state index >= 15 is 0 Å². The number of rotatable bonds is 7. The van der Waals surface area contributed by atoms with E-state index in [9.17, 15) is 0 Å². The summed E-state index contributed by atoms with van der Waals surface area (Å²) in [7, 11) is 0. The van der Waals surface area contributed by atoms with E-state index in [1.54, 1.807) is 0 Å². The number of hydrogen-bond donors (Lipinski definition) is 1. The monoisotopic (exact) mass is 263 g/mol. The average molecular weight is 263 g/mol. The fourth-order valence-electron chi connectivity index (χ4n) is 2.15. The van der Waals surface area contributed by atoms with Gasteiger partial charge in [0.15, 0.2) is 0 Å². The Morgan fingerprint density at radius 2 is 1.47 bits per heavy atom. The van der Waals surface area contributed by atoms with E-state index in [0.717, 1.165) is 18.9 Å². The van der Waals surface area contributed by atoms with Crippen LogP contribution in [0, 0.1) is 0 Å². The summed E-state index contributed by atoms with van der Waals surface area (Å²) in [5.41, 5.74) is 2.63. The van der Waals surface area contributed by atoms with Crippen LogP contribution in [0.5, 0.6) is 5.75 Å². The second kappa shape index (κ2) is 7.54. The molecular weight excluding hydrogens is 234 g/mol. The second-order valence-electron chi connectivity index (χ2n) is 6.03. The first kappa shape index (κ1) is 16.0. The molecule has 0 bridgehead atoms. The van der Waals surface area contributed by atoms with Crippen LogP contribution in [0.3, 0.4) is 0 Å². The number of para-hydroxylation sites is 1. The third-order valence-corrected chi connectivity index (χ3v) is 3.22. The maximum Gasteiger partial charge on any atom is 0.126 e. The van der Waals surface area contributed by atoms with Gasteiger partial charge in [0, 0.05) is 12.6 Å². The van der Waals surface area contributed by atoms with E-state index in [2.05, 4.69) is 65.1 Å². The third-order valence-electron chi connectivity index (χ3n) is 3.22. The molecule has 0 atom stereocenters. The molecule has 1 N–H and O–H groups in total. The highest BCUT2D eigenvalue weighted by Crippen LogP contribution is 2.34. The van der Waals surface area contributed by atoms with Gasteiger partial charge in [0.05, 0.1) is 0 Å². The Morgan fingerprint density at radius 3 is 1.89 bits per heavy atom. The minimum Gasteiger partial charge on any atom is -0.492 e. The van der Waals surface area contributed by atoms with E-state index in [4.69, 9.17) is 4.74 Å². The zero-order valence-corrected chi connectivity index (χ0v) is 13.3. The molecule has 0 amide bonds. The van der Waals surface area contributed by atoms with Gasteiger partial charge in [-0.3, -0.25) is 0 Å². The molecule has 2 nitrogen and oxygen atoms in total. The Balaban J connectivity index is 2.83. The molecule has 0 aliphatic carbocycles. The van der Waals surface area contributed by atoms with Crippen molar-refractivity contribution in [2.24, 2.45) is 0 Å². The van der Waals surface area contributed by atoms with Crippen molar-refractivity contribution in [3.05, 3.63) is 29.3 Å². The van der Waals surface area contributed by atoms with Crippen molar-refractivity contribution in [3.63, 3.8) is 0 Å². The maximum atomic E-state index is 6.08. The van der Waals surface area contributed by atoms with Gasteiger partial charge >= 0.3 is 0 Å². The van der Waals surface area contributed by atoms with Gasteiger partial charge in [0.25, 0.3) is 0 Å². The Labute approximate surface area is 118 Å². The quantitative estimate of drug-likeness (QED) is 0.740. The summed E-state index contributed by atoms with van der Waals surface area (Å²) < 4.78 is 6.08. The zero-order valence-electron chi connectivity index (χ0n) is 13.3. The minimum absolute atomic E-state index is 0.492. The number of ether oxygens (including phenoxy) is 1. The fraction of sp³-hybridized carbons (Fsp3) is 0.647. The number of hydrogen-bond acceptors (Lipinski definition) is 2. The van der Waals surface area contributed by atoms with Gasteiger partial charge in [-0.05, 0) is 23.0 Å². The molecule has 108 valence electrons. The lowest BCUT2D eigenvalue weighted by atomic mass is 9.94. The van der Waals surface area contributed by atoms with Crippen molar-refractivity contribution in [2.45, 2.75) is 59.4 Å². The van der Waals surface area contributed by atoms with Crippen molar-refractivity contribution in [1.82, 2.24) is 5.32 Å². The first-order chi connectivity index (χ1) is 8.93. The Morgan fingerprint density at radius 1 is 0.947 bits per heavy atom. The van der Waals surface area contributed by atoms with Gasteiger partial charge in [-0.1, -0.05) is 59.7 Å². The molecule has 0 saturated heterocycles. The summed E-state index contributed by atoms with van der Waals surface area (Å²) in [6.07, 6.45) is 0. The minimum atomic E-state index is 0.492. The molecule has 0 aromatic heterocycles. The molecule has 0 fully saturated rings. The van der Waals surface area contributed by atoms with Crippen LogP contribution in [-0.4, -0.2) is 19.2 Å². The van der Waals surface area contributed by atoms with Gasteiger partial charge < -0.3 is 10.1 Å². The molecule has 1 rings (SSSR count). The summed E-state index contributed by atoms with van der Waals surface area (Å²) in [4.78, 5) is 0.